The highest BCUT2D eigenvalue weighted by Gasteiger charge is 2.32. The van der Waals surface area contributed by atoms with Crippen molar-refractivity contribution in [2.24, 2.45) is 0 Å². The predicted molar refractivity (Wildman–Crippen MR) is 92.9 cm³/mol. The van der Waals surface area contributed by atoms with Crippen molar-refractivity contribution in [2.45, 2.75) is 19.3 Å². The number of carbonyl (C=O) groups is 1. The molecule has 0 saturated heterocycles. The molecule has 0 radical (unpaired) electrons. The first-order chi connectivity index (χ1) is 11.0. The number of aromatic amines is 1. The summed E-state index contributed by atoms with van der Waals surface area (Å²) in [6, 6.07) is 15.3. The lowest BCUT2D eigenvalue weighted by Gasteiger charge is -2.23. The van der Waals surface area contributed by atoms with Crippen molar-refractivity contribution < 1.29 is 9.53 Å². The molecule has 1 aromatic heterocycles. The fourth-order valence-electron chi connectivity index (χ4n) is 2.67. The van der Waals surface area contributed by atoms with Gasteiger partial charge in [-0.25, -0.2) is 0 Å². The van der Waals surface area contributed by atoms with Gasteiger partial charge in [-0.3, -0.25) is 4.79 Å². The Labute approximate surface area is 135 Å². The maximum absolute atomic E-state index is 12.8. The van der Waals surface area contributed by atoms with Crippen molar-refractivity contribution in [1.29, 1.82) is 0 Å². The summed E-state index contributed by atoms with van der Waals surface area (Å²) in [7, 11) is 1.62. The third-order valence-corrected chi connectivity index (χ3v) is 4.18. The van der Waals surface area contributed by atoms with Crippen LogP contribution in [0.5, 0.6) is 5.75 Å². The van der Waals surface area contributed by atoms with Crippen LogP contribution >= 0.6 is 0 Å². The van der Waals surface area contributed by atoms with Gasteiger partial charge in [0.15, 0.2) is 0 Å². The van der Waals surface area contributed by atoms with Crippen LogP contribution in [0, 0.1) is 0 Å². The number of benzene rings is 2. The number of fused-ring (bicyclic) bond motifs is 1. The highest BCUT2D eigenvalue weighted by Crippen LogP contribution is 2.31. The van der Waals surface area contributed by atoms with Gasteiger partial charge in [0.25, 0.3) is 0 Å². The molecule has 2 aromatic carbocycles. The van der Waals surface area contributed by atoms with E-state index in [1.54, 1.807) is 7.11 Å². The Kier molecular flexibility index (Phi) is 3.82. The molecule has 118 valence electrons. The van der Waals surface area contributed by atoms with E-state index >= 15 is 0 Å². The summed E-state index contributed by atoms with van der Waals surface area (Å²) >= 11 is 0. The van der Waals surface area contributed by atoms with Crippen LogP contribution < -0.4 is 10.1 Å². The quantitative estimate of drug-likeness (QED) is 0.762. The number of hydrogen-bond acceptors (Lipinski definition) is 2. The van der Waals surface area contributed by atoms with Crippen molar-refractivity contribution in [3.05, 3.63) is 60.3 Å². The van der Waals surface area contributed by atoms with E-state index in [1.165, 1.54) is 0 Å². The largest absolute Gasteiger partial charge is 0.497 e. The predicted octanol–water partition coefficient (Wildman–Crippen LogP) is 4.09. The highest BCUT2D eigenvalue weighted by molar-refractivity contribution is 6.01. The number of hydrogen-bond donors (Lipinski definition) is 2. The van der Waals surface area contributed by atoms with Gasteiger partial charge in [-0.1, -0.05) is 18.2 Å². The fraction of sp³-hybridized carbons (Fsp3) is 0.211. The number of para-hydroxylation sites is 1. The third-order valence-electron chi connectivity index (χ3n) is 4.18. The lowest BCUT2D eigenvalue weighted by molar-refractivity contribution is -0.120. The van der Waals surface area contributed by atoms with Crippen LogP contribution in [-0.2, 0) is 10.2 Å². The van der Waals surface area contributed by atoms with Crippen molar-refractivity contribution >= 4 is 22.5 Å². The standard InChI is InChI=1S/C19H20N2O2/c1-19(2,16-12-20-17-7-5-4-6-15(16)17)18(22)21-13-8-10-14(23-3)11-9-13/h4-12,20H,1-3H3,(H,21,22). The molecular formula is C19H20N2O2. The molecule has 0 aliphatic rings. The van der Waals surface area contributed by atoms with Crippen LogP contribution in [0.15, 0.2) is 54.7 Å². The van der Waals surface area contributed by atoms with Crippen LogP contribution in [0.3, 0.4) is 0 Å². The van der Waals surface area contributed by atoms with E-state index in [0.29, 0.717) is 0 Å². The molecule has 0 bridgehead atoms. The lowest BCUT2D eigenvalue weighted by atomic mass is 9.83. The number of carbonyl (C=O) groups excluding carboxylic acids is 1. The summed E-state index contributed by atoms with van der Waals surface area (Å²) in [5.41, 5.74) is 2.12. The summed E-state index contributed by atoms with van der Waals surface area (Å²) in [5, 5.41) is 4.05. The number of H-pyrrole nitrogens is 1. The fourth-order valence-corrected chi connectivity index (χ4v) is 2.67. The summed E-state index contributed by atoms with van der Waals surface area (Å²) in [5.74, 6) is 0.714. The van der Waals surface area contributed by atoms with Crippen LogP contribution in [-0.4, -0.2) is 18.0 Å². The van der Waals surface area contributed by atoms with E-state index in [9.17, 15) is 4.79 Å². The third kappa shape index (κ3) is 2.80. The molecule has 1 heterocycles. The van der Waals surface area contributed by atoms with E-state index in [4.69, 9.17) is 4.74 Å². The average molecular weight is 308 g/mol. The average Bonchev–Trinajstić information content (AvgIpc) is 3.00. The summed E-state index contributed by atoms with van der Waals surface area (Å²) in [6.07, 6.45) is 1.91. The Morgan fingerprint density at radius 1 is 1.09 bits per heavy atom. The molecule has 0 aliphatic heterocycles. The second kappa shape index (κ2) is 5.80. The second-order valence-electron chi connectivity index (χ2n) is 6.06. The first kappa shape index (κ1) is 15.2. The van der Waals surface area contributed by atoms with Gasteiger partial charge in [0.05, 0.1) is 12.5 Å². The first-order valence-electron chi connectivity index (χ1n) is 7.54. The summed E-state index contributed by atoms with van der Waals surface area (Å²) in [6.45, 7) is 3.86. The maximum atomic E-state index is 12.8. The normalized spacial score (nSPS) is 11.4. The van der Waals surface area contributed by atoms with Gasteiger partial charge < -0.3 is 15.0 Å². The minimum absolute atomic E-state index is 0.0487. The van der Waals surface area contributed by atoms with Crippen molar-refractivity contribution in [3.8, 4) is 5.75 Å². The van der Waals surface area contributed by atoms with Crippen LogP contribution in [0.1, 0.15) is 19.4 Å². The van der Waals surface area contributed by atoms with E-state index in [-0.39, 0.29) is 5.91 Å². The number of aromatic nitrogens is 1. The lowest BCUT2D eigenvalue weighted by Crippen LogP contribution is -2.34. The Bertz CT molecular complexity index is 832. The van der Waals surface area contributed by atoms with Crippen molar-refractivity contribution in [1.82, 2.24) is 4.98 Å². The smallest absolute Gasteiger partial charge is 0.234 e. The van der Waals surface area contributed by atoms with Gasteiger partial charge in [0.1, 0.15) is 5.75 Å². The SMILES string of the molecule is COc1ccc(NC(=O)C(C)(C)c2c[nH]c3ccccc23)cc1. The number of rotatable bonds is 4. The number of nitrogens with one attached hydrogen (secondary N) is 2. The van der Waals surface area contributed by atoms with Crippen molar-refractivity contribution in [3.63, 3.8) is 0 Å². The molecule has 23 heavy (non-hydrogen) atoms. The van der Waals surface area contributed by atoms with E-state index in [1.807, 2.05) is 68.6 Å². The summed E-state index contributed by atoms with van der Waals surface area (Å²) in [4.78, 5) is 16.0. The van der Waals surface area contributed by atoms with Gasteiger partial charge in [-0.2, -0.15) is 0 Å². The zero-order chi connectivity index (χ0) is 16.4. The minimum atomic E-state index is -0.653. The van der Waals surface area contributed by atoms with E-state index in [2.05, 4.69) is 10.3 Å². The molecule has 0 spiro atoms. The van der Waals surface area contributed by atoms with Gasteiger partial charge in [-0.15, -0.1) is 0 Å². The van der Waals surface area contributed by atoms with Crippen LogP contribution in [0.4, 0.5) is 5.69 Å². The number of anilines is 1. The zero-order valence-electron chi connectivity index (χ0n) is 13.5. The Morgan fingerprint density at radius 2 is 1.78 bits per heavy atom. The van der Waals surface area contributed by atoms with Crippen LogP contribution in [0.25, 0.3) is 10.9 Å². The molecule has 1 amide bonds. The molecule has 0 fully saturated rings. The molecule has 0 saturated carbocycles. The van der Waals surface area contributed by atoms with Gasteiger partial charge in [0.2, 0.25) is 5.91 Å². The molecular weight excluding hydrogens is 288 g/mol. The van der Waals surface area contributed by atoms with E-state index < -0.39 is 5.41 Å². The molecule has 3 aromatic rings. The monoisotopic (exact) mass is 308 g/mol. The molecule has 0 unspecified atom stereocenters. The molecule has 4 heteroatoms. The van der Waals surface area contributed by atoms with Gasteiger partial charge in [-0.05, 0) is 49.7 Å². The topological polar surface area (TPSA) is 54.1 Å². The maximum Gasteiger partial charge on any atom is 0.234 e. The first-order valence-corrected chi connectivity index (χ1v) is 7.54. The Morgan fingerprint density at radius 3 is 2.48 bits per heavy atom. The zero-order valence-corrected chi connectivity index (χ0v) is 13.5. The molecule has 4 nitrogen and oxygen atoms in total. The second-order valence-corrected chi connectivity index (χ2v) is 6.06. The van der Waals surface area contributed by atoms with Crippen molar-refractivity contribution in [2.75, 3.05) is 12.4 Å². The number of amides is 1. The Hall–Kier alpha value is -2.75. The Balaban J connectivity index is 1.87. The van der Waals surface area contributed by atoms with E-state index in [0.717, 1.165) is 27.9 Å². The molecule has 3 rings (SSSR count). The van der Waals surface area contributed by atoms with Gasteiger partial charge >= 0.3 is 0 Å². The minimum Gasteiger partial charge on any atom is -0.497 e. The van der Waals surface area contributed by atoms with Gasteiger partial charge in [0, 0.05) is 22.8 Å². The number of methoxy groups -OCH3 is 1. The van der Waals surface area contributed by atoms with Crippen LogP contribution in [0.2, 0.25) is 0 Å². The molecule has 2 N–H and O–H groups in total. The highest BCUT2D eigenvalue weighted by atomic mass is 16.5. The molecule has 0 atom stereocenters. The number of ether oxygens (including phenoxy) is 1. The summed E-state index contributed by atoms with van der Waals surface area (Å²) < 4.78 is 5.13. The molecule has 0 aliphatic carbocycles.